The fourth-order valence-electron chi connectivity index (χ4n) is 2.26. The molecule has 2 aromatic rings. The summed E-state index contributed by atoms with van der Waals surface area (Å²) >= 11 is 0. The second kappa shape index (κ2) is 6.15. The number of hydrogen-bond acceptors (Lipinski definition) is 6. The molecule has 1 aliphatic rings. The molecule has 7 nitrogen and oxygen atoms in total. The molecule has 1 aliphatic heterocycles. The van der Waals surface area contributed by atoms with Crippen LogP contribution in [0.5, 0.6) is 5.75 Å². The highest BCUT2D eigenvalue weighted by Gasteiger charge is 2.16. The van der Waals surface area contributed by atoms with Crippen LogP contribution in [0.15, 0.2) is 22.6 Å². The number of fused-ring (bicyclic) bond motifs is 1. The van der Waals surface area contributed by atoms with E-state index in [2.05, 4.69) is 10.2 Å². The Bertz CT molecular complexity index is 683. The highest BCUT2D eigenvalue weighted by Crippen LogP contribution is 2.29. The van der Waals surface area contributed by atoms with Crippen LogP contribution in [0.3, 0.4) is 0 Å². The van der Waals surface area contributed by atoms with Crippen LogP contribution in [-0.2, 0) is 22.5 Å². The van der Waals surface area contributed by atoms with Gasteiger partial charge in [-0.2, -0.15) is 0 Å². The highest BCUT2D eigenvalue weighted by molar-refractivity contribution is 5.74. The van der Waals surface area contributed by atoms with Crippen molar-refractivity contribution >= 4 is 5.91 Å². The molecule has 0 unspecified atom stereocenters. The summed E-state index contributed by atoms with van der Waals surface area (Å²) < 4.78 is 11.1. The summed E-state index contributed by atoms with van der Waals surface area (Å²) in [5.41, 5.74) is 2.01. The maximum atomic E-state index is 11.6. The lowest BCUT2D eigenvalue weighted by molar-refractivity contribution is -0.168. The fraction of sp³-hybridized carbons (Fsp3) is 0.400. The molecule has 1 aromatic carbocycles. The van der Waals surface area contributed by atoms with Gasteiger partial charge >= 0.3 is 0 Å². The first-order valence-electron chi connectivity index (χ1n) is 7.06. The van der Waals surface area contributed by atoms with Gasteiger partial charge < -0.3 is 9.15 Å². The van der Waals surface area contributed by atoms with Crippen LogP contribution < -0.4 is 4.74 Å². The minimum absolute atomic E-state index is 0.142. The molecule has 116 valence electrons. The Hall–Kier alpha value is -2.41. The van der Waals surface area contributed by atoms with Gasteiger partial charge in [0.1, 0.15) is 5.75 Å². The van der Waals surface area contributed by atoms with Crippen LogP contribution in [0.4, 0.5) is 0 Å². The molecule has 0 N–H and O–H groups in total. The molecule has 0 saturated carbocycles. The number of carbonyl (C=O) groups excluding carboxylic acids is 1. The number of carbonyl (C=O) groups is 1. The smallest absolute Gasteiger partial charge is 0.247 e. The van der Waals surface area contributed by atoms with Gasteiger partial charge in [-0.3, -0.25) is 9.63 Å². The average Bonchev–Trinajstić information content (AvgIpc) is 3.19. The topological polar surface area (TPSA) is 77.7 Å². The van der Waals surface area contributed by atoms with Crippen LogP contribution in [0, 0.1) is 0 Å². The molecule has 2 heterocycles. The van der Waals surface area contributed by atoms with E-state index in [4.69, 9.17) is 14.0 Å². The Morgan fingerprint density at radius 2 is 2.27 bits per heavy atom. The zero-order chi connectivity index (χ0) is 15.5. The molecule has 0 fully saturated rings. The van der Waals surface area contributed by atoms with Gasteiger partial charge in [-0.1, -0.05) is 0 Å². The van der Waals surface area contributed by atoms with Crippen LogP contribution in [0.2, 0.25) is 0 Å². The number of aromatic nitrogens is 2. The van der Waals surface area contributed by atoms with Crippen molar-refractivity contribution in [3.05, 3.63) is 29.7 Å². The van der Waals surface area contributed by atoms with Crippen molar-refractivity contribution in [1.29, 1.82) is 0 Å². The monoisotopic (exact) mass is 303 g/mol. The molecular weight excluding hydrogens is 286 g/mol. The molecule has 3 rings (SSSR count). The molecule has 0 aliphatic carbocycles. The van der Waals surface area contributed by atoms with Crippen molar-refractivity contribution in [1.82, 2.24) is 15.3 Å². The second-order valence-corrected chi connectivity index (χ2v) is 5.00. The predicted octanol–water partition coefficient (Wildman–Crippen LogP) is 1.62. The van der Waals surface area contributed by atoms with Crippen molar-refractivity contribution in [3.63, 3.8) is 0 Å². The first-order valence-corrected chi connectivity index (χ1v) is 7.06. The Morgan fingerprint density at radius 3 is 3.09 bits per heavy atom. The summed E-state index contributed by atoms with van der Waals surface area (Å²) in [5, 5.41) is 9.20. The first-order chi connectivity index (χ1) is 10.7. The summed E-state index contributed by atoms with van der Waals surface area (Å²) in [6.07, 6.45) is 1.53. The number of benzene rings is 1. The zero-order valence-electron chi connectivity index (χ0n) is 12.5. The van der Waals surface area contributed by atoms with Crippen LogP contribution in [-0.4, -0.2) is 41.9 Å². The molecule has 7 heteroatoms. The van der Waals surface area contributed by atoms with Gasteiger partial charge in [-0.05, 0) is 23.8 Å². The van der Waals surface area contributed by atoms with E-state index in [9.17, 15) is 4.79 Å². The van der Waals surface area contributed by atoms with E-state index < -0.39 is 0 Å². The summed E-state index contributed by atoms with van der Waals surface area (Å²) in [7, 11) is 3.01. The number of amides is 1. The van der Waals surface area contributed by atoms with Gasteiger partial charge in [0.15, 0.2) is 0 Å². The molecule has 0 spiro atoms. The molecule has 1 aromatic heterocycles. The van der Waals surface area contributed by atoms with E-state index >= 15 is 0 Å². The van der Waals surface area contributed by atoms with E-state index in [1.165, 1.54) is 12.2 Å². The lowest BCUT2D eigenvalue weighted by Gasteiger charge is -2.12. The minimum atomic E-state index is -0.142. The maximum Gasteiger partial charge on any atom is 0.247 e. The van der Waals surface area contributed by atoms with E-state index in [1.807, 2.05) is 18.2 Å². The van der Waals surface area contributed by atoms with Gasteiger partial charge in [-0.15, -0.1) is 10.2 Å². The number of rotatable bonds is 5. The van der Waals surface area contributed by atoms with Gasteiger partial charge in [-0.25, -0.2) is 5.06 Å². The van der Waals surface area contributed by atoms with Crippen molar-refractivity contribution in [2.24, 2.45) is 0 Å². The van der Waals surface area contributed by atoms with Crippen molar-refractivity contribution in [2.45, 2.75) is 19.3 Å². The average molecular weight is 303 g/mol. The number of nitrogens with zero attached hydrogens (tertiary/aromatic N) is 3. The number of aryl methyl sites for hydroxylation is 1. The summed E-state index contributed by atoms with van der Waals surface area (Å²) in [6.45, 7) is 0.711. The van der Waals surface area contributed by atoms with Crippen LogP contribution in [0.25, 0.3) is 11.5 Å². The Labute approximate surface area is 127 Å². The quantitative estimate of drug-likeness (QED) is 0.781. The molecule has 0 radical (unpaired) electrons. The third-order valence-electron chi connectivity index (χ3n) is 3.58. The molecule has 0 atom stereocenters. The Kier molecular flexibility index (Phi) is 4.06. The summed E-state index contributed by atoms with van der Waals surface area (Å²) in [6, 6.07) is 5.81. The van der Waals surface area contributed by atoms with Crippen molar-refractivity contribution in [3.8, 4) is 17.2 Å². The second-order valence-electron chi connectivity index (χ2n) is 5.00. The van der Waals surface area contributed by atoms with Gasteiger partial charge in [0.2, 0.25) is 17.7 Å². The number of hydroxylamine groups is 2. The van der Waals surface area contributed by atoms with E-state index in [1.54, 1.807) is 7.05 Å². The zero-order valence-corrected chi connectivity index (χ0v) is 12.5. The van der Waals surface area contributed by atoms with Gasteiger partial charge in [0, 0.05) is 31.9 Å². The first kappa shape index (κ1) is 14.5. The summed E-state index contributed by atoms with van der Waals surface area (Å²) in [4.78, 5) is 16.5. The predicted molar refractivity (Wildman–Crippen MR) is 77.0 cm³/mol. The van der Waals surface area contributed by atoms with E-state index in [0.29, 0.717) is 24.8 Å². The Morgan fingerprint density at radius 1 is 1.41 bits per heavy atom. The third kappa shape index (κ3) is 2.94. The van der Waals surface area contributed by atoms with Gasteiger partial charge in [0.05, 0.1) is 13.7 Å². The molecule has 22 heavy (non-hydrogen) atoms. The number of ether oxygens (including phenoxy) is 1. The van der Waals surface area contributed by atoms with E-state index in [0.717, 1.165) is 23.3 Å². The minimum Gasteiger partial charge on any atom is -0.493 e. The Balaban J connectivity index is 1.67. The number of hydrogen-bond donors (Lipinski definition) is 0. The largest absolute Gasteiger partial charge is 0.493 e. The lowest BCUT2D eigenvalue weighted by atomic mass is 10.1. The van der Waals surface area contributed by atoms with Gasteiger partial charge in [0.25, 0.3) is 0 Å². The SMILES string of the molecule is CON(C)C(=O)CCc1nnc(-c2ccc3c(c2)CCO3)o1. The fourth-order valence-corrected chi connectivity index (χ4v) is 2.26. The maximum absolute atomic E-state index is 11.6. The van der Waals surface area contributed by atoms with E-state index in [-0.39, 0.29) is 12.3 Å². The molecule has 0 bridgehead atoms. The normalized spacial score (nSPS) is 12.8. The van der Waals surface area contributed by atoms with Crippen LogP contribution >= 0.6 is 0 Å². The van der Waals surface area contributed by atoms with Crippen molar-refractivity contribution < 1.29 is 18.8 Å². The molecule has 0 saturated heterocycles. The standard InChI is InChI=1S/C15H17N3O4/c1-18(20-2)14(19)6-5-13-16-17-15(22-13)11-3-4-12-10(9-11)7-8-21-12/h3-4,9H,5-8H2,1-2H3. The van der Waals surface area contributed by atoms with Crippen LogP contribution in [0.1, 0.15) is 17.9 Å². The molecule has 1 amide bonds. The molecular formula is C15H17N3O4. The lowest BCUT2D eigenvalue weighted by Crippen LogP contribution is -2.25. The third-order valence-corrected chi connectivity index (χ3v) is 3.58. The summed E-state index contributed by atoms with van der Waals surface area (Å²) in [5.74, 6) is 1.66. The van der Waals surface area contributed by atoms with Crippen molar-refractivity contribution in [2.75, 3.05) is 20.8 Å². The highest BCUT2D eigenvalue weighted by atomic mass is 16.7.